The van der Waals surface area contributed by atoms with Crippen LogP contribution >= 0.6 is 0 Å². The van der Waals surface area contributed by atoms with Crippen LogP contribution in [0.4, 0.5) is 0 Å². The van der Waals surface area contributed by atoms with Gasteiger partial charge < -0.3 is 14.6 Å². The van der Waals surface area contributed by atoms with E-state index in [4.69, 9.17) is 4.42 Å². The van der Waals surface area contributed by atoms with Crippen LogP contribution in [0.2, 0.25) is 0 Å². The van der Waals surface area contributed by atoms with E-state index >= 15 is 0 Å². The van der Waals surface area contributed by atoms with Crippen LogP contribution in [0.25, 0.3) is 11.0 Å². The Morgan fingerprint density at radius 1 is 1.29 bits per heavy atom. The van der Waals surface area contributed by atoms with Crippen LogP contribution in [-0.4, -0.2) is 36.5 Å². The molecule has 4 heterocycles. The van der Waals surface area contributed by atoms with Crippen LogP contribution in [0.5, 0.6) is 0 Å². The minimum Gasteiger partial charge on any atom is -0.461 e. The van der Waals surface area contributed by atoms with Crippen molar-refractivity contribution >= 4 is 16.9 Å². The molecular formula is C17H20N2O2. The molecule has 0 saturated carbocycles. The molecule has 1 atom stereocenters. The molecule has 1 N–H and O–H groups in total. The van der Waals surface area contributed by atoms with E-state index in [1.165, 1.54) is 25.9 Å². The molecule has 3 fully saturated rings. The van der Waals surface area contributed by atoms with E-state index in [9.17, 15) is 4.79 Å². The summed E-state index contributed by atoms with van der Waals surface area (Å²) in [6.45, 7) is 5.30. The SMILES string of the molecule is Cc1cc2ccc(C(=O)N[C@H]3CN4CCC3CC4)cc2o1. The lowest BCUT2D eigenvalue weighted by Gasteiger charge is -2.44. The van der Waals surface area contributed by atoms with E-state index in [-0.39, 0.29) is 5.91 Å². The Kier molecular flexibility index (Phi) is 3.00. The predicted octanol–water partition coefficient (Wildman–Crippen LogP) is 2.57. The molecule has 1 amide bonds. The van der Waals surface area contributed by atoms with Crippen molar-refractivity contribution in [2.24, 2.45) is 5.92 Å². The molecule has 1 aromatic heterocycles. The van der Waals surface area contributed by atoms with Gasteiger partial charge in [0.2, 0.25) is 0 Å². The first-order chi connectivity index (χ1) is 10.2. The lowest BCUT2D eigenvalue weighted by atomic mass is 9.84. The summed E-state index contributed by atoms with van der Waals surface area (Å²) in [5.74, 6) is 1.54. The molecule has 1 aromatic carbocycles. The first-order valence-corrected chi connectivity index (χ1v) is 7.72. The van der Waals surface area contributed by atoms with Gasteiger partial charge in [-0.2, -0.15) is 0 Å². The number of rotatable bonds is 2. The Bertz CT molecular complexity index is 683. The smallest absolute Gasteiger partial charge is 0.251 e. The highest BCUT2D eigenvalue weighted by Gasteiger charge is 2.34. The Morgan fingerprint density at radius 2 is 2.10 bits per heavy atom. The fourth-order valence-electron chi connectivity index (χ4n) is 3.69. The van der Waals surface area contributed by atoms with Gasteiger partial charge in [0.25, 0.3) is 5.91 Å². The van der Waals surface area contributed by atoms with Gasteiger partial charge in [-0.1, -0.05) is 6.07 Å². The summed E-state index contributed by atoms with van der Waals surface area (Å²) in [5.41, 5.74) is 1.47. The summed E-state index contributed by atoms with van der Waals surface area (Å²) >= 11 is 0. The molecule has 2 bridgehead atoms. The van der Waals surface area contributed by atoms with Gasteiger partial charge in [-0.25, -0.2) is 0 Å². The normalized spacial score (nSPS) is 28.0. The standard InChI is InChI=1S/C17H20N2O2/c1-11-8-13-2-3-14(9-16(13)21-11)17(20)18-15-10-19-6-4-12(15)5-7-19/h2-3,8-9,12,15H,4-7,10H2,1H3,(H,18,20)/t15-/m0/s1. The molecule has 4 heteroatoms. The number of aryl methyl sites for hydroxylation is 1. The van der Waals surface area contributed by atoms with Crippen molar-refractivity contribution < 1.29 is 9.21 Å². The van der Waals surface area contributed by atoms with Crippen LogP contribution in [0.3, 0.4) is 0 Å². The Balaban J connectivity index is 1.53. The number of benzene rings is 1. The first kappa shape index (κ1) is 12.9. The fourth-order valence-corrected chi connectivity index (χ4v) is 3.69. The lowest BCUT2D eigenvalue weighted by molar-refractivity contribution is 0.0620. The number of nitrogens with zero attached hydrogens (tertiary/aromatic N) is 1. The van der Waals surface area contributed by atoms with Crippen LogP contribution in [0, 0.1) is 12.8 Å². The summed E-state index contributed by atoms with van der Waals surface area (Å²) < 4.78 is 5.61. The number of carbonyl (C=O) groups is 1. The highest BCUT2D eigenvalue weighted by atomic mass is 16.3. The minimum absolute atomic E-state index is 0.0182. The molecular weight excluding hydrogens is 264 g/mol. The first-order valence-electron chi connectivity index (χ1n) is 7.72. The van der Waals surface area contributed by atoms with E-state index in [2.05, 4.69) is 10.2 Å². The number of amides is 1. The molecule has 110 valence electrons. The third-order valence-corrected chi connectivity index (χ3v) is 4.88. The number of furan rings is 1. The molecule has 3 aliphatic rings. The van der Waals surface area contributed by atoms with E-state index in [1.54, 1.807) is 0 Å². The van der Waals surface area contributed by atoms with Gasteiger partial charge in [-0.15, -0.1) is 0 Å². The number of piperidine rings is 3. The second-order valence-electron chi connectivity index (χ2n) is 6.33. The summed E-state index contributed by atoms with van der Waals surface area (Å²) in [5, 5.41) is 4.26. The molecule has 3 aliphatic heterocycles. The third-order valence-electron chi connectivity index (χ3n) is 4.88. The summed E-state index contributed by atoms with van der Waals surface area (Å²) in [6, 6.07) is 7.98. The Hall–Kier alpha value is -1.81. The number of hydrogen-bond donors (Lipinski definition) is 1. The molecule has 2 aromatic rings. The maximum absolute atomic E-state index is 12.5. The van der Waals surface area contributed by atoms with E-state index < -0.39 is 0 Å². The van der Waals surface area contributed by atoms with Gasteiger partial charge in [-0.05, 0) is 57.0 Å². The molecule has 0 spiro atoms. The van der Waals surface area contributed by atoms with Crippen LogP contribution in [-0.2, 0) is 0 Å². The second kappa shape index (κ2) is 4.88. The van der Waals surface area contributed by atoms with Crippen molar-refractivity contribution in [3.05, 3.63) is 35.6 Å². The quantitative estimate of drug-likeness (QED) is 0.922. The van der Waals surface area contributed by atoms with Gasteiger partial charge >= 0.3 is 0 Å². The van der Waals surface area contributed by atoms with Crippen molar-refractivity contribution in [1.29, 1.82) is 0 Å². The topological polar surface area (TPSA) is 45.5 Å². The van der Waals surface area contributed by atoms with Gasteiger partial charge in [0.1, 0.15) is 11.3 Å². The van der Waals surface area contributed by atoms with Crippen molar-refractivity contribution in [3.63, 3.8) is 0 Å². The zero-order chi connectivity index (χ0) is 14.4. The molecule has 0 aliphatic carbocycles. The van der Waals surface area contributed by atoms with Crippen molar-refractivity contribution in [3.8, 4) is 0 Å². The van der Waals surface area contributed by atoms with Crippen molar-refractivity contribution in [1.82, 2.24) is 10.2 Å². The molecule has 4 nitrogen and oxygen atoms in total. The lowest BCUT2D eigenvalue weighted by Crippen LogP contribution is -2.57. The number of fused-ring (bicyclic) bond motifs is 4. The van der Waals surface area contributed by atoms with E-state index in [0.717, 1.165) is 23.3 Å². The number of nitrogens with one attached hydrogen (secondary N) is 1. The van der Waals surface area contributed by atoms with E-state index in [0.29, 0.717) is 17.5 Å². The van der Waals surface area contributed by atoms with Gasteiger partial charge in [0.15, 0.2) is 0 Å². The Morgan fingerprint density at radius 3 is 2.81 bits per heavy atom. The van der Waals surface area contributed by atoms with Crippen molar-refractivity contribution in [2.75, 3.05) is 19.6 Å². The molecule has 5 rings (SSSR count). The average Bonchev–Trinajstić information content (AvgIpc) is 2.87. The molecule has 0 radical (unpaired) electrons. The second-order valence-corrected chi connectivity index (χ2v) is 6.33. The highest BCUT2D eigenvalue weighted by Crippen LogP contribution is 2.28. The summed E-state index contributed by atoms with van der Waals surface area (Å²) in [6.07, 6.45) is 2.42. The van der Waals surface area contributed by atoms with Crippen LogP contribution in [0.1, 0.15) is 29.0 Å². The monoisotopic (exact) mass is 284 g/mol. The van der Waals surface area contributed by atoms with Crippen LogP contribution in [0.15, 0.2) is 28.7 Å². The average molecular weight is 284 g/mol. The molecule has 21 heavy (non-hydrogen) atoms. The molecule has 3 saturated heterocycles. The maximum Gasteiger partial charge on any atom is 0.251 e. The fraction of sp³-hybridized carbons (Fsp3) is 0.471. The maximum atomic E-state index is 12.5. The zero-order valence-electron chi connectivity index (χ0n) is 12.3. The third kappa shape index (κ3) is 2.33. The van der Waals surface area contributed by atoms with Gasteiger partial charge in [0.05, 0.1) is 0 Å². The highest BCUT2D eigenvalue weighted by molar-refractivity contribution is 5.97. The Labute approximate surface area is 124 Å². The largest absolute Gasteiger partial charge is 0.461 e. The van der Waals surface area contributed by atoms with E-state index in [1.807, 2.05) is 31.2 Å². The van der Waals surface area contributed by atoms with Crippen molar-refractivity contribution in [2.45, 2.75) is 25.8 Å². The number of hydrogen-bond acceptors (Lipinski definition) is 3. The predicted molar refractivity (Wildman–Crippen MR) is 81.4 cm³/mol. The summed E-state index contributed by atoms with van der Waals surface area (Å²) in [7, 11) is 0. The van der Waals surface area contributed by atoms with Crippen LogP contribution < -0.4 is 5.32 Å². The molecule has 0 unspecified atom stereocenters. The minimum atomic E-state index is 0.0182. The summed E-state index contributed by atoms with van der Waals surface area (Å²) in [4.78, 5) is 14.9. The van der Waals surface area contributed by atoms with Gasteiger partial charge in [0, 0.05) is 23.5 Å². The number of carbonyl (C=O) groups excluding carboxylic acids is 1. The zero-order valence-corrected chi connectivity index (χ0v) is 12.3. The van der Waals surface area contributed by atoms with Gasteiger partial charge in [-0.3, -0.25) is 4.79 Å².